The molecule has 0 N–H and O–H groups in total. The minimum absolute atomic E-state index is 0.0811. The lowest BCUT2D eigenvalue weighted by molar-refractivity contribution is -0.143. The van der Waals surface area contributed by atoms with Crippen molar-refractivity contribution in [1.29, 1.82) is 0 Å². The minimum atomic E-state index is -0.0811. The Morgan fingerprint density at radius 3 is 2.67 bits per heavy atom. The number of carbonyl (C=O) groups is 1. The van der Waals surface area contributed by atoms with E-state index in [-0.39, 0.29) is 5.97 Å². The molecule has 0 radical (unpaired) electrons. The third-order valence-corrected chi connectivity index (χ3v) is 1.40. The lowest BCUT2D eigenvalue weighted by Crippen LogP contribution is -2.04. The van der Waals surface area contributed by atoms with Crippen molar-refractivity contribution >= 4 is 5.97 Å². The van der Waals surface area contributed by atoms with Crippen LogP contribution in [-0.2, 0) is 9.53 Å². The van der Waals surface area contributed by atoms with Crippen LogP contribution in [0.2, 0.25) is 0 Å². The van der Waals surface area contributed by atoms with Gasteiger partial charge in [0.05, 0.1) is 6.61 Å². The zero-order valence-electron chi connectivity index (χ0n) is 8.01. The largest absolute Gasteiger partial charge is 0.465 e. The van der Waals surface area contributed by atoms with Crippen molar-refractivity contribution in [3.8, 4) is 0 Å². The molecule has 0 heterocycles. The quantitative estimate of drug-likeness (QED) is 0.348. The van der Waals surface area contributed by atoms with Crippen molar-refractivity contribution in [1.82, 2.24) is 0 Å². The Hall–Kier alpha value is -0.790. The highest BCUT2D eigenvalue weighted by Crippen LogP contribution is 1.93. The van der Waals surface area contributed by atoms with Crippen molar-refractivity contribution in [3.63, 3.8) is 0 Å². The molecule has 0 atom stereocenters. The molecule has 0 aromatic carbocycles. The van der Waals surface area contributed by atoms with Crippen LogP contribution in [0.1, 0.15) is 39.5 Å². The Balaban J connectivity index is 3.19. The predicted octanol–water partition coefficient (Wildman–Crippen LogP) is 2.69. The van der Waals surface area contributed by atoms with E-state index < -0.39 is 0 Å². The number of ether oxygens (including phenoxy) is 1. The highest BCUT2D eigenvalue weighted by molar-refractivity contribution is 5.69. The molecular formula is C10H18O2. The van der Waals surface area contributed by atoms with E-state index in [2.05, 4.69) is 13.0 Å². The fourth-order valence-corrected chi connectivity index (χ4v) is 0.802. The molecule has 0 aromatic rings. The van der Waals surface area contributed by atoms with E-state index in [0.29, 0.717) is 13.0 Å². The lowest BCUT2D eigenvalue weighted by atomic mass is 10.3. The van der Waals surface area contributed by atoms with Crippen LogP contribution in [0.4, 0.5) is 0 Å². The summed E-state index contributed by atoms with van der Waals surface area (Å²) in [7, 11) is 0. The molecule has 0 unspecified atom stereocenters. The maximum Gasteiger partial charge on any atom is 0.305 e. The first kappa shape index (κ1) is 11.2. The molecule has 12 heavy (non-hydrogen) atoms. The standard InChI is InChI=1S/C10H18O2/c1-3-5-6-7-9-12-10(11)8-4-2/h5-6H,3-4,7-9H2,1-2H3. The van der Waals surface area contributed by atoms with E-state index in [4.69, 9.17) is 4.74 Å². The zero-order valence-corrected chi connectivity index (χ0v) is 8.01. The summed E-state index contributed by atoms with van der Waals surface area (Å²) in [6.45, 7) is 4.58. The normalized spacial score (nSPS) is 10.5. The smallest absolute Gasteiger partial charge is 0.305 e. The van der Waals surface area contributed by atoms with E-state index >= 15 is 0 Å². The second-order valence-electron chi connectivity index (χ2n) is 2.64. The molecule has 2 heteroatoms. The van der Waals surface area contributed by atoms with Gasteiger partial charge in [0.15, 0.2) is 0 Å². The Bertz CT molecular complexity index is 139. The Kier molecular flexibility index (Phi) is 7.76. The highest BCUT2D eigenvalue weighted by Gasteiger charge is 1.97. The predicted molar refractivity (Wildman–Crippen MR) is 49.9 cm³/mol. The molecule has 0 amide bonds. The Morgan fingerprint density at radius 2 is 2.08 bits per heavy atom. The van der Waals surface area contributed by atoms with Gasteiger partial charge in [0, 0.05) is 6.42 Å². The van der Waals surface area contributed by atoms with Crippen molar-refractivity contribution in [2.75, 3.05) is 6.61 Å². The molecule has 0 fully saturated rings. The SMILES string of the molecule is CCC=CCCOC(=O)CCC. The van der Waals surface area contributed by atoms with Gasteiger partial charge in [-0.3, -0.25) is 4.79 Å². The van der Waals surface area contributed by atoms with Crippen LogP contribution in [0.3, 0.4) is 0 Å². The lowest BCUT2D eigenvalue weighted by Gasteiger charge is -2.00. The summed E-state index contributed by atoms with van der Waals surface area (Å²) in [5.74, 6) is -0.0811. The van der Waals surface area contributed by atoms with E-state index in [1.807, 2.05) is 13.0 Å². The average molecular weight is 170 g/mol. The van der Waals surface area contributed by atoms with Crippen molar-refractivity contribution in [2.24, 2.45) is 0 Å². The summed E-state index contributed by atoms with van der Waals surface area (Å²) in [4.78, 5) is 10.8. The second-order valence-corrected chi connectivity index (χ2v) is 2.64. The van der Waals surface area contributed by atoms with Gasteiger partial charge in [-0.05, 0) is 19.3 Å². The first-order valence-corrected chi connectivity index (χ1v) is 4.61. The fourth-order valence-electron chi connectivity index (χ4n) is 0.802. The van der Waals surface area contributed by atoms with Gasteiger partial charge in [-0.1, -0.05) is 26.0 Å². The molecule has 0 spiro atoms. The van der Waals surface area contributed by atoms with Gasteiger partial charge in [0.25, 0.3) is 0 Å². The van der Waals surface area contributed by atoms with Crippen LogP contribution in [0, 0.1) is 0 Å². The highest BCUT2D eigenvalue weighted by atomic mass is 16.5. The van der Waals surface area contributed by atoms with Crippen LogP contribution in [0.5, 0.6) is 0 Å². The maximum atomic E-state index is 10.8. The molecule has 0 aliphatic carbocycles. The summed E-state index contributed by atoms with van der Waals surface area (Å²) in [5.41, 5.74) is 0. The van der Waals surface area contributed by atoms with Crippen LogP contribution < -0.4 is 0 Å². The molecule has 0 saturated heterocycles. The molecular weight excluding hydrogens is 152 g/mol. The number of esters is 1. The van der Waals surface area contributed by atoms with Gasteiger partial charge in [-0.2, -0.15) is 0 Å². The van der Waals surface area contributed by atoms with Crippen molar-refractivity contribution in [3.05, 3.63) is 12.2 Å². The third kappa shape index (κ3) is 7.32. The Labute approximate surface area is 74.6 Å². The van der Waals surface area contributed by atoms with Crippen molar-refractivity contribution in [2.45, 2.75) is 39.5 Å². The summed E-state index contributed by atoms with van der Waals surface area (Å²) in [6, 6.07) is 0. The van der Waals surface area contributed by atoms with Gasteiger partial charge in [0.2, 0.25) is 0 Å². The second kappa shape index (κ2) is 8.31. The molecule has 0 rings (SSSR count). The molecule has 0 aliphatic rings. The number of hydrogen-bond acceptors (Lipinski definition) is 2. The average Bonchev–Trinajstić information content (AvgIpc) is 2.05. The monoisotopic (exact) mass is 170 g/mol. The minimum Gasteiger partial charge on any atom is -0.465 e. The van der Waals surface area contributed by atoms with Crippen LogP contribution in [-0.4, -0.2) is 12.6 Å². The number of carbonyl (C=O) groups excluding carboxylic acids is 1. The molecule has 0 saturated carbocycles. The van der Waals surface area contributed by atoms with Gasteiger partial charge in [-0.15, -0.1) is 0 Å². The maximum absolute atomic E-state index is 10.8. The van der Waals surface area contributed by atoms with Gasteiger partial charge in [0.1, 0.15) is 0 Å². The van der Waals surface area contributed by atoms with E-state index in [1.165, 1.54) is 0 Å². The molecule has 2 nitrogen and oxygen atoms in total. The van der Waals surface area contributed by atoms with E-state index in [1.54, 1.807) is 0 Å². The summed E-state index contributed by atoms with van der Waals surface area (Å²) >= 11 is 0. The topological polar surface area (TPSA) is 26.3 Å². The van der Waals surface area contributed by atoms with Crippen LogP contribution >= 0.6 is 0 Å². The molecule has 70 valence electrons. The van der Waals surface area contributed by atoms with Gasteiger partial charge in [-0.25, -0.2) is 0 Å². The zero-order chi connectivity index (χ0) is 9.23. The number of rotatable bonds is 6. The summed E-state index contributed by atoms with van der Waals surface area (Å²) < 4.78 is 4.94. The third-order valence-electron chi connectivity index (χ3n) is 1.40. The van der Waals surface area contributed by atoms with Crippen molar-refractivity contribution < 1.29 is 9.53 Å². The summed E-state index contributed by atoms with van der Waals surface area (Å²) in [6.07, 6.45) is 7.40. The van der Waals surface area contributed by atoms with E-state index in [0.717, 1.165) is 19.3 Å². The van der Waals surface area contributed by atoms with Gasteiger partial charge >= 0.3 is 5.97 Å². The van der Waals surface area contributed by atoms with Crippen LogP contribution in [0.15, 0.2) is 12.2 Å². The number of hydrogen-bond donors (Lipinski definition) is 0. The first-order chi connectivity index (χ1) is 5.81. The summed E-state index contributed by atoms with van der Waals surface area (Å²) in [5, 5.41) is 0. The molecule has 0 aliphatic heterocycles. The van der Waals surface area contributed by atoms with Crippen LogP contribution in [0.25, 0.3) is 0 Å². The first-order valence-electron chi connectivity index (χ1n) is 4.61. The molecule has 0 aromatic heterocycles. The van der Waals surface area contributed by atoms with Gasteiger partial charge < -0.3 is 4.74 Å². The van der Waals surface area contributed by atoms with E-state index in [9.17, 15) is 4.79 Å². The Morgan fingerprint density at radius 1 is 1.33 bits per heavy atom. The fraction of sp³-hybridized carbons (Fsp3) is 0.700. The molecule has 0 bridgehead atoms. The number of allylic oxidation sites excluding steroid dienone is 1.